The first-order valence-corrected chi connectivity index (χ1v) is 17.2. The number of aromatic nitrogens is 2. The van der Waals surface area contributed by atoms with Crippen molar-refractivity contribution in [3.8, 4) is 5.75 Å². The molecule has 4 aromatic rings. The fraction of sp³-hybridized carbons (Fsp3) is 0.207. The minimum Gasteiger partial charge on any atom is -0.494 e. The van der Waals surface area contributed by atoms with Crippen molar-refractivity contribution in [2.45, 2.75) is 35.5 Å². The van der Waals surface area contributed by atoms with Crippen LogP contribution in [0.15, 0.2) is 93.5 Å². The van der Waals surface area contributed by atoms with Gasteiger partial charge in [-0.1, -0.05) is 0 Å². The molecule has 1 amide bonds. The van der Waals surface area contributed by atoms with Crippen LogP contribution in [0.5, 0.6) is 5.75 Å². The Bertz CT molecular complexity index is 1780. The van der Waals surface area contributed by atoms with Crippen molar-refractivity contribution in [2.75, 3.05) is 33.8 Å². The molecule has 0 bridgehead atoms. The molecular formula is C29H31N5O6S3. The third-order valence-corrected chi connectivity index (χ3v) is 9.90. The molecule has 1 heterocycles. The van der Waals surface area contributed by atoms with Crippen LogP contribution in [0.4, 0.5) is 17.3 Å². The van der Waals surface area contributed by atoms with Crippen molar-refractivity contribution in [1.29, 1.82) is 0 Å². The number of nitrogens with one attached hydrogen (secondary N) is 2. The summed E-state index contributed by atoms with van der Waals surface area (Å²) in [5, 5.41) is 2.65. The van der Waals surface area contributed by atoms with E-state index in [9.17, 15) is 21.6 Å². The van der Waals surface area contributed by atoms with Crippen molar-refractivity contribution in [3.05, 3.63) is 90.3 Å². The lowest BCUT2D eigenvalue weighted by Gasteiger charge is -2.24. The summed E-state index contributed by atoms with van der Waals surface area (Å²) in [5.74, 6) is -0.116. The van der Waals surface area contributed by atoms with Gasteiger partial charge >= 0.3 is 0 Å². The first kappa shape index (κ1) is 31.8. The first-order chi connectivity index (χ1) is 20.4. The van der Waals surface area contributed by atoms with Gasteiger partial charge in [-0.05, 0) is 106 Å². The van der Waals surface area contributed by atoms with Gasteiger partial charge in [-0.3, -0.25) is 9.10 Å². The quantitative estimate of drug-likeness (QED) is 0.207. The van der Waals surface area contributed by atoms with Gasteiger partial charge in [0.15, 0.2) is 0 Å². The van der Waals surface area contributed by atoms with Crippen molar-refractivity contribution in [3.63, 3.8) is 0 Å². The molecule has 226 valence electrons. The van der Waals surface area contributed by atoms with E-state index in [2.05, 4.69) is 20.0 Å². The molecule has 0 saturated heterocycles. The summed E-state index contributed by atoms with van der Waals surface area (Å²) in [4.78, 5) is 22.2. The third-order valence-electron chi connectivity index (χ3n) is 6.03. The van der Waals surface area contributed by atoms with E-state index < -0.39 is 32.5 Å². The molecule has 43 heavy (non-hydrogen) atoms. The topological polar surface area (TPSA) is 148 Å². The molecule has 0 aliphatic rings. The maximum atomic E-state index is 13.7. The van der Waals surface area contributed by atoms with Gasteiger partial charge in [-0.25, -0.2) is 31.5 Å². The van der Waals surface area contributed by atoms with E-state index in [-0.39, 0.29) is 27.1 Å². The molecule has 11 nitrogen and oxygen atoms in total. The monoisotopic (exact) mass is 641 g/mol. The van der Waals surface area contributed by atoms with Gasteiger partial charge in [-0.2, -0.15) is 0 Å². The van der Waals surface area contributed by atoms with Crippen LogP contribution in [0.2, 0.25) is 0 Å². The Morgan fingerprint density at radius 1 is 0.860 bits per heavy atom. The molecule has 2 N–H and O–H groups in total. The number of carbonyl (C=O) groups excluding carboxylic acids is 1. The summed E-state index contributed by atoms with van der Waals surface area (Å²) in [6.07, 6.45) is 1.89. The van der Waals surface area contributed by atoms with Crippen molar-refractivity contribution in [1.82, 2.24) is 9.97 Å². The SMILES string of the molecule is CCOc1ccc(N(CC(=O)Nc2ccc(S(=O)(=O)Nc3nc(C)cc(C)n3)cc2)S(=O)(=O)c2ccc(SC)cc2)cc1. The van der Waals surface area contributed by atoms with Gasteiger partial charge < -0.3 is 10.1 Å². The van der Waals surface area contributed by atoms with Crippen LogP contribution >= 0.6 is 11.8 Å². The Balaban J connectivity index is 1.54. The Kier molecular flexibility index (Phi) is 9.94. The van der Waals surface area contributed by atoms with Gasteiger partial charge in [0.05, 0.1) is 22.1 Å². The number of hydrogen-bond donors (Lipinski definition) is 2. The van der Waals surface area contributed by atoms with Crippen LogP contribution in [0, 0.1) is 13.8 Å². The van der Waals surface area contributed by atoms with E-state index in [4.69, 9.17) is 4.74 Å². The van der Waals surface area contributed by atoms with Crippen LogP contribution in [-0.4, -0.2) is 52.1 Å². The number of aryl methyl sites for hydroxylation is 2. The number of nitrogens with zero attached hydrogens (tertiary/aromatic N) is 3. The van der Waals surface area contributed by atoms with Gasteiger partial charge in [0.25, 0.3) is 20.0 Å². The van der Waals surface area contributed by atoms with Crippen LogP contribution in [0.1, 0.15) is 18.3 Å². The fourth-order valence-electron chi connectivity index (χ4n) is 4.06. The Morgan fingerprint density at radius 3 is 2.00 bits per heavy atom. The third kappa shape index (κ3) is 8.03. The second-order valence-electron chi connectivity index (χ2n) is 9.27. The molecule has 0 unspecified atom stereocenters. The zero-order valence-corrected chi connectivity index (χ0v) is 26.4. The maximum absolute atomic E-state index is 13.7. The van der Waals surface area contributed by atoms with Crippen molar-refractivity contribution >= 4 is 55.0 Å². The Labute approximate surface area is 255 Å². The molecule has 0 aliphatic carbocycles. The Morgan fingerprint density at radius 2 is 1.44 bits per heavy atom. The van der Waals surface area contributed by atoms with E-state index in [1.54, 1.807) is 56.3 Å². The standard InChI is InChI=1S/C29H31N5O6S3/c1-5-40-24-10-8-23(9-11-24)34(43(38,39)27-16-12-25(41-4)13-17-27)19-28(35)32-22-6-14-26(15-7-22)42(36,37)33-29-30-20(2)18-21(3)31-29/h6-18H,5,19H2,1-4H3,(H,32,35)(H,30,31,33). The van der Waals surface area contributed by atoms with Gasteiger partial charge in [-0.15, -0.1) is 11.8 Å². The van der Waals surface area contributed by atoms with E-state index >= 15 is 0 Å². The van der Waals surface area contributed by atoms with Gasteiger partial charge in [0.1, 0.15) is 12.3 Å². The highest BCUT2D eigenvalue weighted by Crippen LogP contribution is 2.27. The molecule has 4 rings (SSSR count). The molecule has 0 atom stereocenters. The summed E-state index contributed by atoms with van der Waals surface area (Å²) in [5.41, 5.74) is 1.77. The predicted molar refractivity (Wildman–Crippen MR) is 168 cm³/mol. The fourth-order valence-corrected chi connectivity index (χ4v) is 6.84. The molecule has 0 radical (unpaired) electrons. The van der Waals surface area contributed by atoms with E-state index in [0.717, 1.165) is 9.20 Å². The van der Waals surface area contributed by atoms with Gasteiger partial charge in [0, 0.05) is 22.0 Å². The number of thioether (sulfide) groups is 1. The largest absolute Gasteiger partial charge is 0.494 e. The molecule has 0 fully saturated rings. The number of amides is 1. The van der Waals surface area contributed by atoms with Crippen molar-refractivity contribution in [2.24, 2.45) is 0 Å². The predicted octanol–water partition coefficient (Wildman–Crippen LogP) is 4.85. The summed E-state index contributed by atoms with van der Waals surface area (Å²) in [6.45, 7) is 5.21. The number of rotatable bonds is 12. The Hall–Kier alpha value is -4.14. The van der Waals surface area contributed by atoms with E-state index in [1.807, 2.05) is 13.2 Å². The van der Waals surface area contributed by atoms with E-state index in [1.165, 1.54) is 48.2 Å². The lowest BCUT2D eigenvalue weighted by Crippen LogP contribution is -2.38. The lowest BCUT2D eigenvalue weighted by atomic mass is 10.3. The summed E-state index contributed by atoms with van der Waals surface area (Å²) < 4.78 is 61.9. The smallest absolute Gasteiger partial charge is 0.264 e. The molecule has 3 aromatic carbocycles. The number of sulfonamides is 2. The summed E-state index contributed by atoms with van der Waals surface area (Å²) in [7, 11) is -8.13. The highest BCUT2D eigenvalue weighted by molar-refractivity contribution is 7.98. The zero-order chi connectivity index (χ0) is 31.2. The average molecular weight is 642 g/mol. The molecule has 0 spiro atoms. The van der Waals surface area contributed by atoms with Crippen molar-refractivity contribution < 1.29 is 26.4 Å². The number of benzene rings is 3. The number of carbonyl (C=O) groups is 1. The first-order valence-electron chi connectivity index (χ1n) is 13.1. The lowest BCUT2D eigenvalue weighted by molar-refractivity contribution is -0.114. The van der Waals surface area contributed by atoms with Crippen LogP contribution in [-0.2, 0) is 24.8 Å². The second-order valence-corrected chi connectivity index (χ2v) is 13.7. The highest BCUT2D eigenvalue weighted by Gasteiger charge is 2.27. The minimum absolute atomic E-state index is 0.0295. The normalized spacial score (nSPS) is 11.5. The van der Waals surface area contributed by atoms with Crippen LogP contribution in [0.25, 0.3) is 0 Å². The number of hydrogen-bond acceptors (Lipinski definition) is 9. The molecule has 1 aromatic heterocycles. The number of anilines is 3. The van der Waals surface area contributed by atoms with Gasteiger partial charge in [0.2, 0.25) is 11.9 Å². The molecule has 14 heteroatoms. The van der Waals surface area contributed by atoms with Crippen LogP contribution < -0.4 is 19.1 Å². The number of ether oxygens (including phenoxy) is 1. The summed E-state index contributed by atoms with van der Waals surface area (Å²) in [6, 6.07) is 20.0. The zero-order valence-electron chi connectivity index (χ0n) is 23.9. The second kappa shape index (κ2) is 13.4. The molecule has 0 aliphatic heterocycles. The molecule has 0 saturated carbocycles. The molecular weight excluding hydrogens is 611 g/mol. The average Bonchev–Trinajstić information content (AvgIpc) is 2.96. The minimum atomic E-state index is -4.13. The highest BCUT2D eigenvalue weighted by atomic mass is 32.2. The maximum Gasteiger partial charge on any atom is 0.264 e. The van der Waals surface area contributed by atoms with E-state index in [0.29, 0.717) is 23.7 Å². The van der Waals surface area contributed by atoms with Crippen LogP contribution in [0.3, 0.4) is 0 Å². The summed E-state index contributed by atoms with van der Waals surface area (Å²) >= 11 is 1.48.